The summed E-state index contributed by atoms with van der Waals surface area (Å²) in [5.41, 5.74) is 3.14. The Morgan fingerprint density at radius 2 is 1.81 bits per heavy atom. The van der Waals surface area contributed by atoms with Gasteiger partial charge in [-0.3, -0.25) is 19.8 Å². The van der Waals surface area contributed by atoms with Gasteiger partial charge in [-0.1, -0.05) is 38.1 Å². The molecule has 2 aliphatic carbocycles. The van der Waals surface area contributed by atoms with E-state index < -0.39 is 43.1 Å². The van der Waals surface area contributed by atoms with Crippen LogP contribution in [0, 0.1) is 21.4 Å². The van der Waals surface area contributed by atoms with E-state index in [4.69, 9.17) is 18.9 Å². The number of piperidine rings is 1. The van der Waals surface area contributed by atoms with Crippen molar-refractivity contribution in [3.05, 3.63) is 106 Å². The fourth-order valence-corrected chi connectivity index (χ4v) is 12.3. The van der Waals surface area contributed by atoms with E-state index in [2.05, 4.69) is 62.6 Å². The van der Waals surface area contributed by atoms with Crippen molar-refractivity contribution >= 4 is 38.3 Å². The summed E-state index contributed by atoms with van der Waals surface area (Å²) in [6.45, 7) is 10.4. The summed E-state index contributed by atoms with van der Waals surface area (Å²) in [7, 11) is -4.69. The van der Waals surface area contributed by atoms with Crippen LogP contribution >= 0.6 is 0 Å². The molecule has 5 aromatic rings. The molecule has 0 bridgehead atoms. The number of aromatic amines is 1. The van der Waals surface area contributed by atoms with Gasteiger partial charge < -0.3 is 33.9 Å². The van der Waals surface area contributed by atoms with Gasteiger partial charge in [-0.25, -0.2) is 18.1 Å². The number of nitro benzene ring substituents is 1. The van der Waals surface area contributed by atoms with Crippen LogP contribution in [0.4, 0.5) is 11.4 Å². The minimum Gasteiger partial charge on any atom is -0.486 e. The lowest BCUT2D eigenvalue weighted by atomic mass is 9.59. The molecule has 5 aliphatic rings. The Kier molecular flexibility index (Phi) is 12.4. The number of rotatable bonds is 12. The molecule has 16 nitrogen and oxygen atoms in total. The summed E-state index contributed by atoms with van der Waals surface area (Å²) in [6.07, 6.45) is 10.6. The number of nitrogens with zero attached hydrogens (tertiary/aromatic N) is 4. The molecular formula is C51H60N6O10S. The predicted octanol–water partition coefficient (Wildman–Crippen LogP) is 8.80. The molecule has 360 valence electrons. The van der Waals surface area contributed by atoms with Gasteiger partial charge in [0.1, 0.15) is 29.9 Å². The van der Waals surface area contributed by atoms with Crippen LogP contribution < -0.4 is 23.8 Å². The van der Waals surface area contributed by atoms with Crippen molar-refractivity contribution in [3.63, 3.8) is 0 Å². The van der Waals surface area contributed by atoms with Crippen molar-refractivity contribution in [1.82, 2.24) is 19.6 Å². The molecule has 4 fully saturated rings. The summed E-state index contributed by atoms with van der Waals surface area (Å²) < 4.78 is 54.5. The van der Waals surface area contributed by atoms with E-state index in [1.807, 2.05) is 13.0 Å². The molecule has 3 N–H and O–H groups in total. The number of carbonyl (C=O) groups excluding carboxylic acids is 1. The minimum atomic E-state index is -4.69. The highest BCUT2D eigenvalue weighted by Crippen LogP contribution is 2.53. The molecule has 17 heteroatoms. The second-order valence-corrected chi connectivity index (χ2v) is 21.9. The fraction of sp³-hybridized carbons (Fsp3) is 0.490. The first-order chi connectivity index (χ1) is 32.6. The van der Waals surface area contributed by atoms with Crippen LogP contribution in [0.25, 0.3) is 11.0 Å². The van der Waals surface area contributed by atoms with Gasteiger partial charge in [-0.15, -0.1) is 0 Å². The lowest BCUT2D eigenvalue weighted by Gasteiger charge is -2.57. The average Bonchev–Trinajstić information content (AvgIpc) is 3.79. The number of benzene rings is 3. The molecule has 2 saturated carbocycles. The quantitative estimate of drug-likeness (QED) is 0.0793. The highest BCUT2D eigenvalue weighted by atomic mass is 32.2. The van der Waals surface area contributed by atoms with Crippen molar-refractivity contribution < 1.29 is 42.2 Å². The fourth-order valence-electron chi connectivity index (χ4n) is 11.3. The van der Waals surface area contributed by atoms with Crippen molar-refractivity contribution in [3.8, 4) is 23.0 Å². The van der Waals surface area contributed by atoms with Gasteiger partial charge >= 0.3 is 5.69 Å². The number of hydrogen-bond donors (Lipinski definition) is 3. The number of pyridine rings is 1. The lowest BCUT2D eigenvalue weighted by Crippen LogP contribution is -2.58. The van der Waals surface area contributed by atoms with Crippen LogP contribution in [0.2, 0.25) is 0 Å². The maximum Gasteiger partial charge on any atom is 0.316 e. The summed E-state index contributed by atoms with van der Waals surface area (Å²) >= 11 is 0. The topological polar surface area (TPSA) is 199 Å². The number of aliphatic hydroxyl groups is 1. The predicted molar refractivity (Wildman–Crippen MR) is 255 cm³/mol. The average molecular weight is 949 g/mol. The van der Waals surface area contributed by atoms with Crippen LogP contribution in [0.5, 0.6) is 23.0 Å². The Balaban J connectivity index is 0.847. The highest BCUT2D eigenvalue weighted by molar-refractivity contribution is 7.90. The molecule has 2 atom stereocenters. The summed E-state index contributed by atoms with van der Waals surface area (Å²) in [5.74, 6) is -0.103. The lowest BCUT2D eigenvalue weighted by molar-refractivity contribution is -0.386. The first-order valence-electron chi connectivity index (χ1n) is 24.0. The molecular weight excluding hydrogens is 889 g/mol. The van der Waals surface area contributed by atoms with E-state index in [1.165, 1.54) is 17.3 Å². The van der Waals surface area contributed by atoms with Gasteiger partial charge in [-0.2, -0.15) is 0 Å². The number of anilines is 1. The van der Waals surface area contributed by atoms with Crippen LogP contribution in [-0.4, -0.2) is 96.4 Å². The molecule has 1 amide bonds. The van der Waals surface area contributed by atoms with Crippen LogP contribution in [0.15, 0.2) is 84.0 Å². The molecule has 0 unspecified atom stereocenters. The molecule has 3 aromatic carbocycles. The van der Waals surface area contributed by atoms with Crippen LogP contribution in [-0.2, 0) is 14.8 Å². The van der Waals surface area contributed by atoms with Gasteiger partial charge in [-0.05, 0) is 117 Å². The second kappa shape index (κ2) is 18.3. The Morgan fingerprint density at radius 3 is 2.57 bits per heavy atom. The third-order valence-electron chi connectivity index (χ3n) is 15.2. The third kappa shape index (κ3) is 9.37. The standard InChI is InChI=1S/C51H60N6O10S/c1-32(2)40-6-4-5-7-41(40)44-31-64-21-20-56(44)36-27-51(28-36)15-18-55(19-16-51)35-8-9-42(45(24-35)66-37-23-34-12-17-52-48(34)53-29-37)49(58)54-68(62,63)39-25-43(57(60)61)47-46(26-39)65-30-38(67-47)22-33-10-13-50(3,59)14-11-33/h4-9,12,17,23-26,29,32-33,36,38,44,59H,10-11,13-16,18-22,27-28,30-31H2,1-3H3,(H,52,53)(H,54,58)/t33?,38-,44-,50?/m0/s1. The van der Waals surface area contributed by atoms with Crippen molar-refractivity contribution in [1.29, 1.82) is 0 Å². The van der Waals surface area contributed by atoms with Gasteiger partial charge in [0.2, 0.25) is 5.75 Å². The van der Waals surface area contributed by atoms with Gasteiger partial charge in [0.05, 0.1) is 46.4 Å². The van der Waals surface area contributed by atoms with Gasteiger partial charge in [0.15, 0.2) is 5.75 Å². The van der Waals surface area contributed by atoms with Gasteiger partial charge in [0.25, 0.3) is 15.9 Å². The zero-order chi connectivity index (χ0) is 47.4. The van der Waals surface area contributed by atoms with Crippen molar-refractivity contribution in [2.45, 2.75) is 113 Å². The summed E-state index contributed by atoms with van der Waals surface area (Å²) in [5, 5.41) is 23.5. The second-order valence-electron chi connectivity index (χ2n) is 20.2. The normalized spacial score (nSPS) is 24.2. The number of aromatic nitrogens is 2. The number of fused-ring (bicyclic) bond motifs is 2. The number of amides is 1. The maximum absolute atomic E-state index is 14.1. The number of nitrogens with one attached hydrogen (secondary N) is 2. The number of H-pyrrole nitrogens is 1. The molecule has 68 heavy (non-hydrogen) atoms. The van der Waals surface area contributed by atoms with E-state index in [0.29, 0.717) is 49.2 Å². The van der Waals surface area contributed by atoms with Crippen molar-refractivity contribution in [2.75, 3.05) is 44.4 Å². The molecule has 5 heterocycles. The number of sulfonamides is 1. The molecule has 2 saturated heterocycles. The molecule has 1 spiro atoms. The highest BCUT2D eigenvalue weighted by Gasteiger charge is 2.50. The van der Waals surface area contributed by atoms with Gasteiger partial charge in [0, 0.05) is 61.1 Å². The Labute approximate surface area is 396 Å². The molecule has 3 aliphatic heterocycles. The van der Waals surface area contributed by atoms with Crippen molar-refractivity contribution in [2.24, 2.45) is 11.3 Å². The van der Waals surface area contributed by atoms with E-state index in [1.54, 1.807) is 30.5 Å². The molecule has 0 radical (unpaired) electrons. The number of ether oxygens (including phenoxy) is 4. The van der Waals surface area contributed by atoms with E-state index in [-0.39, 0.29) is 46.8 Å². The Morgan fingerprint density at radius 1 is 1.03 bits per heavy atom. The Bertz CT molecular complexity index is 2800. The number of morpholine rings is 1. The maximum atomic E-state index is 14.1. The van der Waals surface area contributed by atoms with E-state index >= 15 is 0 Å². The monoisotopic (exact) mass is 948 g/mol. The first kappa shape index (κ1) is 46.0. The third-order valence-corrected chi connectivity index (χ3v) is 16.5. The molecule has 10 rings (SSSR count). The zero-order valence-electron chi connectivity index (χ0n) is 38.8. The Hall–Kier alpha value is -5.75. The molecule has 2 aromatic heterocycles. The smallest absolute Gasteiger partial charge is 0.316 e. The minimum absolute atomic E-state index is 0.0555. The number of carbonyl (C=O) groups is 1. The summed E-state index contributed by atoms with van der Waals surface area (Å²) in [4.78, 5) is 37.7. The largest absolute Gasteiger partial charge is 0.486 e. The van der Waals surface area contributed by atoms with E-state index in [9.17, 15) is 28.4 Å². The zero-order valence-corrected chi connectivity index (χ0v) is 39.6. The van der Waals surface area contributed by atoms with Crippen LogP contribution in [0.1, 0.15) is 112 Å². The summed E-state index contributed by atoms with van der Waals surface area (Å²) in [6, 6.07) is 20.3. The number of hydrogen-bond acceptors (Lipinski definition) is 13. The van der Waals surface area contributed by atoms with E-state index in [0.717, 1.165) is 88.0 Å². The number of nitro groups is 1. The van der Waals surface area contributed by atoms with Crippen LogP contribution in [0.3, 0.4) is 0 Å². The SMILES string of the molecule is CC(C)c1ccccc1[C@@H]1COCCN1C1CC2(CCN(c3ccc(C(=O)NS(=O)(=O)c4cc5c(c([N+](=O)[O-])c4)O[C@@H](CC4CCC(C)(O)CC4)CO5)c(Oc4cnc5[nH]ccc5c4)c3)CC2)C1. The first-order valence-corrected chi connectivity index (χ1v) is 25.4.